The summed E-state index contributed by atoms with van der Waals surface area (Å²) >= 11 is 3.39. The summed E-state index contributed by atoms with van der Waals surface area (Å²) in [6.45, 7) is 2.50. The number of benzene rings is 1. The summed E-state index contributed by atoms with van der Waals surface area (Å²) in [5.74, 6) is -0.992. The molecule has 0 aromatic heterocycles. The van der Waals surface area contributed by atoms with E-state index < -0.39 is 12.0 Å². The van der Waals surface area contributed by atoms with E-state index in [0.29, 0.717) is 13.0 Å². The highest BCUT2D eigenvalue weighted by atomic mass is 79.9. The molecule has 0 bridgehead atoms. The van der Waals surface area contributed by atoms with Crippen LogP contribution in [0, 0.1) is 6.92 Å². The zero-order chi connectivity index (χ0) is 14.7. The van der Waals surface area contributed by atoms with Gasteiger partial charge in [0.15, 0.2) is 0 Å². The maximum Gasteiger partial charge on any atom is 0.326 e. The molecule has 1 aromatic carbocycles. The Kier molecular flexibility index (Phi) is 4.81. The summed E-state index contributed by atoms with van der Waals surface area (Å²) in [5, 5.41) is 9.21. The van der Waals surface area contributed by atoms with E-state index in [1.54, 1.807) is 0 Å². The number of hydrogen-bond donors (Lipinski definition) is 1. The second-order valence-electron chi connectivity index (χ2n) is 5.18. The molecule has 4 nitrogen and oxygen atoms in total. The van der Waals surface area contributed by atoms with Gasteiger partial charge in [0.2, 0.25) is 5.91 Å². The molecule has 0 spiro atoms. The molecule has 1 aliphatic heterocycles. The van der Waals surface area contributed by atoms with Crippen molar-refractivity contribution in [1.29, 1.82) is 0 Å². The third-order valence-electron chi connectivity index (χ3n) is 3.75. The van der Waals surface area contributed by atoms with Gasteiger partial charge < -0.3 is 10.0 Å². The van der Waals surface area contributed by atoms with Crippen LogP contribution < -0.4 is 0 Å². The van der Waals surface area contributed by atoms with Crippen molar-refractivity contribution in [3.63, 3.8) is 0 Å². The standard InChI is InChI=1S/C15H18BrNO3/c1-10-8-12(16)6-5-11(10)9-14(18)17-7-3-2-4-13(17)15(19)20/h5-6,8,13H,2-4,7,9H2,1H3,(H,19,20). The number of carboxylic acid groups (broad SMARTS) is 1. The highest BCUT2D eigenvalue weighted by Gasteiger charge is 2.31. The predicted molar refractivity (Wildman–Crippen MR) is 79.6 cm³/mol. The zero-order valence-corrected chi connectivity index (χ0v) is 13.0. The van der Waals surface area contributed by atoms with Gasteiger partial charge in [0, 0.05) is 11.0 Å². The van der Waals surface area contributed by atoms with Gasteiger partial charge >= 0.3 is 5.97 Å². The number of piperidine rings is 1. The first-order chi connectivity index (χ1) is 9.49. The summed E-state index contributed by atoms with van der Waals surface area (Å²) < 4.78 is 0.979. The van der Waals surface area contributed by atoms with Crippen LogP contribution in [0.1, 0.15) is 30.4 Å². The first-order valence-corrected chi connectivity index (χ1v) is 7.55. The van der Waals surface area contributed by atoms with Crippen LogP contribution in [0.3, 0.4) is 0 Å². The fraction of sp³-hybridized carbons (Fsp3) is 0.467. The molecule has 1 amide bonds. The second kappa shape index (κ2) is 6.39. The van der Waals surface area contributed by atoms with E-state index in [9.17, 15) is 14.7 Å². The summed E-state index contributed by atoms with van der Waals surface area (Å²) in [4.78, 5) is 25.1. The van der Waals surface area contributed by atoms with Gasteiger partial charge in [-0.25, -0.2) is 4.79 Å². The van der Waals surface area contributed by atoms with E-state index >= 15 is 0 Å². The van der Waals surface area contributed by atoms with Crippen molar-refractivity contribution in [1.82, 2.24) is 4.90 Å². The molecule has 1 saturated heterocycles. The van der Waals surface area contributed by atoms with Gasteiger partial charge in [0.25, 0.3) is 0 Å². The van der Waals surface area contributed by atoms with Gasteiger partial charge in [0.1, 0.15) is 6.04 Å². The number of rotatable bonds is 3. The molecule has 0 radical (unpaired) electrons. The molecule has 1 aromatic rings. The van der Waals surface area contributed by atoms with E-state index in [4.69, 9.17) is 0 Å². The Balaban J connectivity index is 2.12. The van der Waals surface area contributed by atoms with Crippen molar-refractivity contribution in [3.8, 4) is 0 Å². The van der Waals surface area contributed by atoms with Crippen molar-refractivity contribution in [3.05, 3.63) is 33.8 Å². The van der Waals surface area contributed by atoms with E-state index in [0.717, 1.165) is 28.4 Å². The molecule has 0 aliphatic carbocycles. The predicted octanol–water partition coefficient (Wildman–Crippen LogP) is 2.77. The molecular formula is C15H18BrNO3. The maximum absolute atomic E-state index is 12.4. The van der Waals surface area contributed by atoms with Crippen LogP contribution in [-0.2, 0) is 16.0 Å². The number of nitrogens with zero attached hydrogens (tertiary/aromatic N) is 1. The molecule has 1 heterocycles. The van der Waals surface area contributed by atoms with Crippen molar-refractivity contribution in [2.24, 2.45) is 0 Å². The van der Waals surface area contributed by atoms with Gasteiger partial charge in [-0.2, -0.15) is 0 Å². The number of carboxylic acids is 1. The minimum absolute atomic E-state index is 0.0949. The van der Waals surface area contributed by atoms with E-state index in [2.05, 4.69) is 15.9 Å². The highest BCUT2D eigenvalue weighted by Crippen LogP contribution is 2.21. The van der Waals surface area contributed by atoms with Crippen LogP contribution in [0.25, 0.3) is 0 Å². The average Bonchev–Trinajstić information content (AvgIpc) is 2.41. The highest BCUT2D eigenvalue weighted by molar-refractivity contribution is 9.10. The summed E-state index contributed by atoms with van der Waals surface area (Å²) in [6.07, 6.45) is 2.58. The Hall–Kier alpha value is -1.36. The Morgan fingerprint density at radius 2 is 2.15 bits per heavy atom. The minimum atomic E-state index is -0.898. The van der Waals surface area contributed by atoms with Crippen molar-refractivity contribution in [2.75, 3.05) is 6.54 Å². The summed E-state index contributed by atoms with van der Waals surface area (Å²) in [6, 6.07) is 5.12. The summed E-state index contributed by atoms with van der Waals surface area (Å²) in [7, 11) is 0. The SMILES string of the molecule is Cc1cc(Br)ccc1CC(=O)N1CCCCC1C(=O)O. The van der Waals surface area contributed by atoms with Crippen LogP contribution in [-0.4, -0.2) is 34.5 Å². The zero-order valence-electron chi connectivity index (χ0n) is 11.4. The number of carbonyl (C=O) groups excluding carboxylic acids is 1. The van der Waals surface area contributed by atoms with E-state index in [1.165, 1.54) is 4.90 Å². The monoisotopic (exact) mass is 339 g/mol. The van der Waals surface area contributed by atoms with E-state index in [-0.39, 0.29) is 12.3 Å². The number of aliphatic carboxylic acids is 1. The quantitative estimate of drug-likeness (QED) is 0.921. The molecule has 0 saturated carbocycles. The lowest BCUT2D eigenvalue weighted by molar-refractivity contribution is -0.151. The third-order valence-corrected chi connectivity index (χ3v) is 4.25. The fourth-order valence-electron chi connectivity index (χ4n) is 2.61. The third kappa shape index (κ3) is 3.39. The van der Waals surface area contributed by atoms with Crippen molar-refractivity contribution in [2.45, 2.75) is 38.6 Å². The lowest BCUT2D eigenvalue weighted by Gasteiger charge is -2.33. The van der Waals surface area contributed by atoms with Crippen LogP contribution in [0.2, 0.25) is 0 Å². The topological polar surface area (TPSA) is 57.6 Å². The van der Waals surface area contributed by atoms with Gasteiger partial charge in [0.05, 0.1) is 6.42 Å². The number of carbonyl (C=O) groups is 2. The first kappa shape index (κ1) is 15.0. The lowest BCUT2D eigenvalue weighted by atomic mass is 9.99. The summed E-state index contributed by atoms with van der Waals surface area (Å²) in [5.41, 5.74) is 1.99. The smallest absolute Gasteiger partial charge is 0.326 e. The van der Waals surface area contributed by atoms with Crippen LogP contribution >= 0.6 is 15.9 Å². The second-order valence-corrected chi connectivity index (χ2v) is 6.10. The van der Waals surface area contributed by atoms with Crippen LogP contribution in [0.5, 0.6) is 0 Å². The molecule has 108 valence electrons. The number of amides is 1. The molecule has 1 fully saturated rings. The molecule has 1 N–H and O–H groups in total. The Labute approximate surface area is 126 Å². The van der Waals surface area contributed by atoms with Gasteiger partial charge in [-0.3, -0.25) is 4.79 Å². The van der Waals surface area contributed by atoms with Crippen LogP contribution in [0.15, 0.2) is 22.7 Å². The number of halogens is 1. The molecular weight excluding hydrogens is 322 g/mol. The van der Waals surface area contributed by atoms with Crippen molar-refractivity contribution < 1.29 is 14.7 Å². The molecule has 1 aliphatic rings. The molecule has 5 heteroatoms. The Morgan fingerprint density at radius 3 is 2.80 bits per heavy atom. The molecule has 1 atom stereocenters. The van der Waals surface area contributed by atoms with E-state index in [1.807, 2.05) is 25.1 Å². The molecule has 20 heavy (non-hydrogen) atoms. The van der Waals surface area contributed by atoms with Crippen LogP contribution in [0.4, 0.5) is 0 Å². The molecule has 1 unspecified atom stereocenters. The van der Waals surface area contributed by atoms with Crippen molar-refractivity contribution >= 4 is 27.8 Å². The normalized spacial score (nSPS) is 18.9. The number of aryl methyl sites for hydroxylation is 1. The molecule has 2 rings (SSSR count). The fourth-order valence-corrected chi connectivity index (χ4v) is 3.08. The maximum atomic E-state index is 12.4. The van der Waals surface area contributed by atoms with Gasteiger partial charge in [-0.1, -0.05) is 22.0 Å². The van der Waals surface area contributed by atoms with Gasteiger partial charge in [-0.15, -0.1) is 0 Å². The Morgan fingerprint density at radius 1 is 1.40 bits per heavy atom. The lowest BCUT2D eigenvalue weighted by Crippen LogP contribution is -2.48. The average molecular weight is 340 g/mol. The minimum Gasteiger partial charge on any atom is -0.480 e. The Bertz CT molecular complexity index is 530. The number of likely N-dealkylation sites (tertiary alicyclic amines) is 1. The van der Waals surface area contributed by atoms with Gasteiger partial charge in [-0.05, 0) is 49.4 Å². The largest absolute Gasteiger partial charge is 0.480 e. The number of hydrogen-bond acceptors (Lipinski definition) is 2. The first-order valence-electron chi connectivity index (χ1n) is 6.76.